The number of phosphoric ester groups is 1. The number of allylic oxidation sites excluding steroid dienone is 4. The molecule has 10 heteroatoms. The number of hydrogen-bond acceptors (Lipinski definition) is 8. The first-order chi connectivity index (χ1) is 28.8. The molecule has 350 valence electrons. The van der Waals surface area contributed by atoms with E-state index in [2.05, 4.69) is 38.2 Å². The van der Waals surface area contributed by atoms with Gasteiger partial charge in [0.15, 0.2) is 0 Å². The first-order valence-electron chi connectivity index (χ1n) is 24.8. The molecule has 0 fully saturated rings. The summed E-state index contributed by atoms with van der Waals surface area (Å²) < 4.78 is 33.5. The number of aliphatic hydroxyl groups is 2. The van der Waals surface area contributed by atoms with Crippen molar-refractivity contribution in [1.29, 1.82) is 0 Å². The minimum Gasteiger partial charge on any atom is -0.457 e. The van der Waals surface area contributed by atoms with Gasteiger partial charge in [-0.05, 0) is 44.9 Å². The lowest BCUT2D eigenvalue weighted by atomic mass is 10.0. The lowest BCUT2D eigenvalue weighted by Crippen LogP contribution is -2.29. The van der Waals surface area contributed by atoms with E-state index in [1.54, 1.807) is 0 Å². The minimum atomic E-state index is -4.52. The molecule has 9 nitrogen and oxygen atoms in total. The van der Waals surface area contributed by atoms with Crippen LogP contribution in [0.3, 0.4) is 0 Å². The molecule has 0 aliphatic carbocycles. The van der Waals surface area contributed by atoms with E-state index < -0.39 is 39.2 Å². The molecule has 3 atom stereocenters. The van der Waals surface area contributed by atoms with Crippen molar-refractivity contribution in [3.8, 4) is 0 Å². The van der Waals surface area contributed by atoms with Crippen LogP contribution in [0.4, 0.5) is 0 Å². The van der Waals surface area contributed by atoms with E-state index in [1.807, 2.05) is 0 Å². The third-order valence-corrected chi connectivity index (χ3v) is 11.8. The summed E-state index contributed by atoms with van der Waals surface area (Å²) in [7, 11) is -4.52. The molecule has 59 heavy (non-hydrogen) atoms. The number of unbranched alkanes of at least 4 members (excludes halogenated alkanes) is 30. The largest absolute Gasteiger partial charge is 0.472 e. The molecule has 0 aromatic heterocycles. The second-order valence-electron chi connectivity index (χ2n) is 16.8. The molecule has 0 bridgehead atoms. The van der Waals surface area contributed by atoms with Crippen LogP contribution in [0, 0.1) is 0 Å². The molecule has 0 spiro atoms. The van der Waals surface area contributed by atoms with E-state index >= 15 is 0 Å². The van der Waals surface area contributed by atoms with Gasteiger partial charge in [-0.3, -0.25) is 13.8 Å². The molecule has 3 N–H and O–H groups in total. The number of carbonyl (C=O) groups is 1. The van der Waals surface area contributed by atoms with Crippen LogP contribution in [0.2, 0.25) is 0 Å². The summed E-state index contributed by atoms with van der Waals surface area (Å²) in [6, 6.07) is 0. The van der Waals surface area contributed by atoms with E-state index in [0.29, 0.717) is 13.0 Å². The Morgan fingerprint density at radius 1 is 0.525 bits per heavy atom. The van der Waals surface area contributed by atoms with Gasteiger partial charge in [0.2, 0.25) is 0 Å². The average molecular weight is 859 g/mol. The minimum absolute atomic E-state index is 0.0481. The van der Waals surface area contributed by atoms with Crippen LogP contribution in [0.5, 0.6) is 0 Å². The number of esters is 1. The molecule has 0 saturated heterocycles. The van der Waals surface area contributed by atoms with Gasteiger partial charge in [0.05, 0.1) is 26.4 Å². The first-order valence-corrected chi connectivity index (χ1v) is 26.3. The normalized spacial score (nSPS) is 14.1. The van der Waals surface area contributed by atoms with Gasteiger partial charge in [0.1, 0.15) is 12.2 Å². The van der Waals surface area contributed by atoms with E-state index in [9.17, 15) is 19.4 Å². The molecule has 0 aromatic rings. The highest BCUT2D eigenvalue weighted by atomic mass is 31.2. The summed E-state index contributed by atoms with van der Waals surface area (Å²) in [4.78, 5) is 22.6. The lowest BCUT2D eigenvalue weighted by Gasteiger charge is -2.20. The van der Waals surface area contributed by atoms with Crippen LogP contribution in [-0.2, 0) is 27.9 Å². The van der Waals surface area contributed by atoms with Crippen LogP contribution in [-0.4, -0.2) is 66.3 Å². The Balaban J connectivity index is 4.03. The van der Waals surface area contributed by atoms with Crippen molar-refractivity contribution in [2.75, 3.05) is 33.0 Å². The zero-order valence-electron chi connectivity index (χ0n) is 38.5. The number of hydrogen-bond donors (Lipinski definition) is 3. The average Bonchev–Trinajstić information content (AvgIpc) is 3.23. The summed E-state index contributed by atoms with van der Waals surface area (Å²) >= 11 is 0. The van der Waals surface area contributed by atoms with E-state index in [-0.39, 0.29) is 19.6 Å². The fraction of sp³-hybridized carbons (Fsp3) is 0.898. The maximum atomic E-state index is 12.6. The fourth-order valence-electron chi connectivity index (χ4n) is 7.09. The Bertz CT molecular complexity index is 975. The topological polar surface area (TPSA) is 132 Å². The zero-order valence-corrected chi connectivity index (χ0v) is 39.4. The highest BCUT2D eigenvalue weighted by molar-refractivity contribution is 7.47. The highest BCUT2D eigenvalue weighted by Gasteiger charge is 2.26. The molecule has 0 aliphatic rings. The van der Waals surface area contributed by atoms with Crippen molar-refractivity contribution in [2.45, 2.75) is 251 Å². The zero-order chi connectivity index (χ0) is 43.2. The molecule has 0 saturated carbocycles. The van der Waals surface area contributed by atoms with Gasteiger partial charge < -0.3 is 24.6 Å². The van der Waals surface area contributed by atoms with Crippen molar-refractivity contribution in [2.24, 2.45) is 0 Å². The molecule has 0 amide bonds. The van der Waals surface area contributed by atoms with Crippen molar-refractivity contribution in [3.05, 3.63) is 24.3 Å². The Labute approximate surface area is 363 Å². The van der Waals surface area contributed by atoms with E-state index in [0.717, 1.165) is 51.4 Å². The van der Waals surface area contributed by atoms with Crippen molar-refractivity contribution < 1.29 is 43.0 Å². The number of ether oxygens (including phenoxy) is 2. The Morgan fingerprint density at radius 3 is 1.39 bits per heavy atom. The second-order valence-corrected chi connectivity index (χ2v) is 18.3. The maximum absolute atomic E-state index is 12.6. The Morgan fingerprint density at radius 2 is 0.915 bits per heavy atom. The number of rotatable bonds is 48. The molecule has 3 unspecified atom stereocenters. The monoisotopic (exact) mass is 859 g/mol. The summed E-state index contributed by atoms with van der Waals surface area (Å²) in [5.41, 5.74) is 0. The molecule has 0 radical (unpaired) electrons. The van der Waals surface area contributed by atoms with Crippen molar-refractivity contribution >= 4 is 13.8 Å². The molecule has 0 rings (SSSR count). The summed E-state index contributed by atoms with van der Waals surface area (Å²) in [5.74, 6) is -0.392. The third-order valence-electron chi connectivity index (χ3n) is 10.9. The van der Waals surface area contributed by atoms with Gasteiger partial charge in [0.25, 0.3) is 0 Å². The first kappa shape index (κ1) is 57.9. The molecule has 0 heterocycles. The van der Waals surface area contributed by atoms with Gasteiger partial charge in [-0.1, -0.05) is 212 Å². The van der Waals surface area contributed by atoms with E-state index in [1.165, 1.54) is 161 Å². The van der Waals surface area contributed by atoms with Gasteiger partial charge in [-0.25, -0.2) is 4.57 Å². The molecule has 0 aromatic carbocycles. The number of carbonyl (C=O) groups excluding carboxylic acids is 1. The number of phosphoric acid groups is 1. The summed E-state index contributed by atoms with van der Waals surface area (Å²) in [6.07, 6.45) is 50.1. The van der Waals surface area contributed by atoms with Crippen LogP contribution in [0.15, 0.2) is 24.3 Å². The molecular formula is C49H95O9P. The SMILES string of the molecule is CCCCC/C=C\C/C=C\CCCCCCCC(=O)OC(COCCCCCCCCCCCCCCCCCCCCCCCCC)COP(=O)(O)OCC(O)CO. The van der Waals surface area contributed by atoms with Crippen LogP contribution < -0.4 is 0 Å². The second kappa shape index (κ2) is 46.4. The maximum Gasteiger partial charge on any atom is 0.472 e. The van der Waals surface area contributed by atoms with Gasteiger partial charge in [-0.2, -0.15) is 0 Å². The van der Waals surface area contributed by atoms with Crippen LogP contribution in [0.1, 0.15) is 239 Å². The van der Waals surface area contributed by atoms with Gasteiger partial charge in [-0.15, -0.1) is 0 Å². The third kappa shape index (κ3) is 46.3. The fourth-order valence-corrected chi connectivity index (χ4v) is 7.88. The lowest BCUT2D eigenvalue weighted by molar-refractivity contribution is -0.154. The predicted molar refractivity (Wildman–Crippen MR) is 247 cm³/mol. The van der Waals surface area contributed by atoms with Crippen LogP contribution in [0.25, 0.3) is 0 Å². The van der Waals surface area contributed by atoms with Crippen LogP contribution >= 0.6 is 7.82 Å². The molecule has 0 aliphatic heterocycles. The smallest absolute Gasteiger partial charge is 0.457 e. The Kier molecular flexibility index (Phi) is 45.6. The van der Waals surface area contributed by atoms with E-state index in [4.69, 9.17) is 23.6 Å². The molecular weight excluding hydrogens is 764 g/mol. The van der Waals surface area contributed by atoms with Gasteiger partial charge in [0, 0.05) is 13.0 Å². The quantitative estimate of drug-likeness (QED) is 0.0237. The van der Waals surface area contributed by atoms with Crippen molar-refractivity contribution in [3.63, 3.8) is 0 Å². The van der Waals surface area contributed by atoms with Crippen molar-refractivity contribution in [1.82, 2.24) is 0 Å². The standard InChI is InChI=1S/C49H95O9P/c1-3-5-7-9-11-13-15-17-19-20-21-22-23-24-25-26-28-30-32-34-36-38-40-42-55-45-48(46-57-59(53,54)56-44-47(51)43-50)58-49(52)41-39-37-35-33-31-29-27-18-16-14-12-10-8-6-4-2/h12,14,18,27,47-48,50-51H,3-11,13,15-17,19-26,28-46H2,1-2H3,(H,53,54)/b14-12-,27-18-. The summed E-state index contributed by atoms with van der Waals surface area (Å²) in [6.45, 7) is 3.52. The predicted octanol–water partition coefficient (Wildman–Crippen LogP) is 14.2. The number of aliphatic hydroxyl groups excluding tert-OH is 2. The summed E-state index contributed by atoms with van der Waals surface area (Å²) in [5, 5.41) is 18.4. The highest BCUT2D eigenvalue weighted by Crippen LogP contribution is 2.43. The Hall–Kier alpha value is -1.06. The van der Waals surface area contributed by atoms with Gasteiger partial charge >= 0.3 is 13.8 Å².